The maximum Gasteiger partial charge on any atom is 0.328 e. The van der Waals surface area contributed by atoms with Crippen LogP contribution in [-0.4, -0.2) is 57.5 Å². The van der Waals surface area contributed by atoms with Gasteiger partial charge in [-0.15, -0.1) is 0 Å². The number of rotatable bonds is 4. The summed E-state index contributed by atoms with van der Waals surface area (Å²) >= 11 is 0. The standard InChI is InChI=1S/C23H32N4O3/c1-16(2)25-11-13-26(14-12-25)21(28)18-9-7-17(8-10-18)15-27-22(29)19-5-3-4-6-20(19)24-23(27)30/h3-6,16-18H,7-15H2,1-2H3,(H,24,30)/t17-,18-. The molecule has 1 aromatic carbocycles. The number of carbonyl (C=O) groups excluding carboxylic acids is 1. The Labute approximate surface area is 176 Å². The zero-order valence-corrected chi connectivity index (χ0v) is 18.0. The van der Waals surface area contributed by atoms with Crippen molar-refractivity contribution in [2.45, 2.75) is 52.1 Å². The van der Waals surface area contributed by atoms with Crippen LogP contribution in [0.2, 0.25) is 0 Å². The fourth-order valence-electron chi connectivity index (χ4n) is 4.93. The number of hydrogen-bond donors (Lipinski definition) is 1. The Balaban J connectivity index is 1.35. The Hall–Kier alpha value is -2.41. The molecule has 1 N–H and O–H groups in total. The van der Waals surface area contributed by atoms with E-state index in [9.17, 15) is 14.4 Å². The number of H-pyrrole nitrogens is 1. The summed E-state index contributed by atoms with van der Waals surface area (Å²) in [5, 5.41) is 0.543. The fraction of sp³-hybridized carbons (Fsp3) is 0.609. The molecule has 0 atom stereocenters. The van der Waals surface area contributed by atoms with Gasteiger partial charge >= 0.3 is 5.69 Å². The van der Waals surface area contributed by atoms with Crippen LogP contribution >= 0.6 is 0 Å². The van der Waals surface area contributed by atoms with Gasteiger partial charge in [0.15, 0.2) is 0 Å². The van der Waals surface area contributed by atoms with Gasteiger partial charge in [0.25, 0.3) is 5.56 Å². The summed E-state index contributed by atoms with van der Waals surface area (Å²) in [6.07, 6.45) is 3.43. The van der Waals surface area contributed by atoms with Gasteiger partial charge in [0.2, 0.25) is 5.91 Å². The lowest BCUT2D eigenvalue weighted by Crippen LogP contribution is -2.52. The largest absolute Gasteiger partial charge is 0.340 e. The molecule has 1 aromatic heterocycles. The lowest BCUT2D eigenvalue weighted by Gasteiger charge is -2.39. The van der Waals surface area contributed by atoms with E-state index in [1.165, 1.54) is 4.57 Å². The average Bonchev–Trinajstić information content (AvgIpc) is 2.76. The molecule has 1 aliphatic carbocycles. The number of nitrogens with one attached hydrogen (secondary N) is 1. The molecule has 4 rings (SSSR count). The van der Waals surface area contributed by atoms with Crippen molar-refractivity contribution < 1.29 is 4.79 Å². The van der Waals surface area contributed by atoms with E-state index in [2.05, 4.69) is 23.7 Å². The molecule has 0 spiro atoms. The zero-order chi connectivity index (χ0) is 21.3. The van der Waals surface area contributed by atoms with E-state index in [0.717, 1.165) is 51.9 Å². The number of piperazine rings is 1. The molecule has 1 aliphatic heterocycles. The first-order chi connectivity index (χ1) is 14.4. The second kappa shape index (κ2) is 8.76. The molecule has 7 nitrogen and oxygen atoms in total. The van der Waals surface area contributed by atoms with E-state index in [1.54, 1.807) is 12.1 Å². The van der Waals surface area contributed by atoms with Gasteiger partial charge in [0.1, 0.15) is 0 Å². The molecule has 1 amide bonds. The highest BCUT2D eigenvalue weighted by molar-refractivity contribution is 5.79. The number of aromatic amines is 1. The number of carbonyl (C=O) groups is 1. The van der Waals surface area contributed by atoms with Gasteiger partial charge in [-0.2, -0.15) is 0 Å². The SMILES string of the molecule is CC(C)N1CCN(C(=O)[C@H]2CC[C@H](Cn3c(=O)[nH]c4ccccc4c3=O)CC2)CC1. The van der Waals surface area contributed by atoms with Gasteiger partial charge in [0.05, 0.1) is 10.9 Å². The predicted octanol–water partition coefficient (Wildman–Crippen LogP) is 2.05. The molecule has 2 heterocycles. The van der Waals surface area contributed by atoms with Gasteiger partial charge in [-0.1, -0.05) is 12.1 Å². The van der Waals surface area contributed by atoms with Gasteiger partial charge in [0, 0.05) is 44.7 Å². The van der Waals surface area contributed by atoms with E-state index in [-0.39, 0.29) is 29.0 Å². The highest BCUT2D eigenvalue weighted by Crippen LogP contribution is 2.31. The summed E-state index contributed by atoms with van der Waals surface area (Å²) in [6.45, 7) is 8.36. The number of benzene rings is 1. The normalized spacial score (nSPS) is 23.2. The lowest BCUT2D eigenvalue weighted by molar-refractivity contribution is -0.139. The van der Waals surface area contributed by atoms with Crippen LogP contribution in [0.25, 0.3) is 10.9 Å². The Morgan fingerprint density at radius 3 is 2.37 bits per heavy atom. The highest BCUT2D eigenvalue weighted by Gasteiger charge is 2.31. The molecule has 7 heteroatoms. The van der Waals surface area contributed by atoms with E-state index in [0.29, 0.717) is 23.5 Å². The van der Waals surface area contributed by atoms with Crippen molar-refractivity contribution in [2.24, 2.45) is 11.8 Å². The minimum atomic E-state index is -0.347. The van der Waals surface area contributed by atoms with Crippen LogP contribution in [0.3, 0.4) is 0 Å². The molecular weight excluding hydrogens is 380 g/mol. The molecule has 0 unspecified atom stereocenters. The first kappa shape index (κ1) is 20.8. The Morgan fingerprint density at radius 1 is 1.03 bits per heavy atom. The summed E-state index contributed by atoms with van der Waals surface area (Å²) in [6, 6.07) is 7.64. The second-order valence-electron chi connectivity index (χ2n) is 9.06. The van der Waals surface area contributed by atoms with E-state index < -0.39 is 0 Å². The van der Waals surface area contributed by atoms with E-state index in [1.807, 2.05) is 17.0 Å². The minimum absolute atomic E-state index is 0.0819. The molecule has 2 aromatic rings. The third kappa shape index (κ3) is 4.21. The van der Waals surface area contributed by atoms with Crippen LogP contribution in [0.5, 0.6) is 0 Å². The quantitative estimate of drug-likeness (QED) is 0.834. The summed E-state index contributed by atoms with van der Waals surface area (Å²) < 4.78 is 1.33. The van der Waals surface area contributed by atoms with Crippen molar-refractivity contribution in [1.29, 1.82) is 0 Å². The number of nitrogens with zero attached hydrogens (tertiary/aromatic N) is 3. The summed E-state index contributed by atoms with van der Waals surface area (Å²) in [5.74, 6) is 0.628. The second-order valence-corrected chi connectivity index (χ2v) is 9.06. The van der Waals surface area contributed by atoms with E-state index in [4.69, 9.17) is 0 Å². The molecule has 1 saturated carbocycles. The van der Waals surface area contributed by atoms with Gasteiger partial charge in [-0.25, -0.2) is 4.79 Å². The van der Waals surface area contributed by atoms with Crippen LogP contribution in [0.1, 0.15) is 39.5 Å². The molecule has 30 heavy (non-hydrogen) atoms. The number of fused-ring (bicyclic) bond motifs is 1. The van der Waals surface area contributed by atoms with Crippen LogP contribution < -0.4 is 11.2 Å². The molecule has 2 fully saturated rings. The van der Waals surface area contributed by atoms with Crippen molar-refractivity contribution in [3.63, 3.8) is 0 Å². The minimum Gasteiger partial charge on any atom is -0.340 e. The van der Waals surface area contributed by atoms with Crippen LogP contribution in [0.15, 0.2) is 33.9 Å². The van der Waals surface area contributed by atoms with Crippen molar-refractivity contribution >= 4 is 16.8 Å². The highest BCUT2D eigenvalue weighted by atomic mass is 16.2. The third-order valence-electron chi connectivity index (χ3n) is 6.88. The Morgan fingerprint density at radius 2 is 1.70 bits per heavy atom. The van der Waals surface area contributed by atoms with Gasteiger partial charge in [-0.3, -0.25) is 19.1 Å². The summed E-state index contributed by atoms with van der Waals surface area (Å²) in [4.78, 5) is 45.4. The molecular formula is C23H32N4O3. The lowest BCUT2D eigenvalue weighted by atomic mass is 9.81. The van der Waals surface area contributed by atoms with Gasteiger partial charge < -0.3 is 9.88 Å². The zero-order valence-electron chi connectivity index (χ0n) is 18.0. The van der Waals surface area contributed by atoms with Crippen LogP contribution in [0, 0.1) is 11.8 Å². The summed E-state index contributed by atoms with van der Waals surface area (Å²) in [5.41, 5.74) is 0.00566. The van der Waals surface area contributed by atoms with Crippen molar-refractivity contribution in [3.8, 4) is 0 Å². The van der Waals surface area contributed by atoms with E-state index >= 15 is 0 Å². The first-order valence-corrected chi connectivity index (χ1v) is 11.2. The summed E-state index contributed by atoms with van der Waals surface area (Å²) in [7, 11) is 0. The van der Waals surface area contributed by atoms with Gasteiger partial charge in [-0.05, 0) is 57.6 Å². The number of aromatic nitrogens is 2. The maximum atomic E-state index is 12.9. The van der Waals surface area contributed by atoms with Crippen molar-refractivity contribution in [2.75, 3.05) is 26.2 Å². The topological polar surface area (TPSA) is 78.4 Å². The fourth-order valence-corrected chi connectivity index (χ4v) is 4.93. The van der Waals surface area contributed by atoms with Crippen LogP contribution in [0.4, 0.5) is 0 Å². The molecule has 162 valence electrons. The Bertz CT molecular complexity index is 1010. The number of amides is 1. The van der Waals surface area contributed by atoms with Crippen molar-refractivity contribution in [3.05, 3.63) is 45.1 Å². The third-order valence-corrected chi connectivity index (χ3v) is 6.88. The molecule has 0 radical (unpaired) electrons. The first-order valence-electron chi connectivity index (χ1n) is 11.2. The number of hydrogen-bond acceptors (Lipinski definition) is 4. The smallest absolute Gasteiger partial charge is 0.328 e. The Kier molecular flexibility index (Phi) is 6.09. The number of para-hydroxylation sites is 1. The molecule has 1 saturated heterocycles. The van der Waals surface area contributed by atoms with Crippen molar-refractivity contribution in [1.82, 2.24) is 19.4 Å². The molecule has 0 bridgehead atoms. The average molecular weight is 413 g/mol. The predicted molar refractivity (Wildman–Crippen MR) is 118 cm³/mol. The molecule has 2 aliphatic rings. The maximum absolute atomic E-state index is 12.9. The monoisotopic (exact) mass is 412 g/mol. The van der Waals surface area contributed by atoms with Crippen LogP contribution in [-0.2, 0) is 11.3 Å².